The van der Waals surface area contributed by atoms with Gasteiger partial charge in [-0.1, -0.05) is 12.1 Å². The number of piperidine rings is 1. The summed E-state index contributed by atoms with van der Waals surface area (Å²) in [6, 6.07) is 13.6. The summed E-state index contributed by atoms with van der Waals surface area (Å²) >= 11 is 0. The number of amides is 2. The number of likely N-dealkylation sites (tertiary alicyclic amines) is 1. The van der Waals surface area contributed by atoms with Crippen LogP contribution in [0.15, 0.2) is 47.5 Å². The van der Waals surface area contributed by atoms with Crippen LogP contribution in [0, 0.1) is 6.92 Å². The molecule has 0 radical (unpaired) electrons. The third kappa shape index (κ3) is 4.50. The van der Waals surface area contributed by atoms with Gasteiger partial charge in [0.15, 0.2) is 0 Å². The highest BCUT2D eigenvalue weighted by Gasteiger charge is 2.44. The minimum atomic E-state index is -0.466. The molecule has 170 valence electrons. The maximum absolute atomic E-state index is 13.2. The molecule has 0 saturated carbocycles. The van der Waals surface area contributed by atoms with Crippen LogP contribution in [0.1, 0.15) is 18.4 Å². The molecule has 1 saturated heterocycles. The summed E-state index contributed by atoms with van der Waals surface area (Å²) in [7, 11) is 3.31. The zero-order chi connectivity index (χ0) is 22.6. The number of ether oxygens (including phenoxy) is 2. The lowest BCUT2D eigenvalue weighted by molar-refractivity contribution is 0.186. The number of hydrogen-bond donors (Lipinski definition) is 3. The van der Waals surface area contributed by atoms with Gasteiger partial charge < -0.3 is 30.3 Å². The molecule has 32 heavy (non-hydrogen) atoms. The van der Waals surface area contributed by atoms with Gasteiger partial charge >= 0.3 is 6.03 Å². The Morgan fingerprint density at radius 3 is 2.78 bits per heavy atom. The maximum atomic E-state index is 13.2. The number of carbonyl (C=O) groups is 1. The number of hydrogen-bond acceptors (Lipinski definition) is 5. The van der Waals surface area contributed by atoms with Gasteiger partial charge in [-0.15, -0.1) is 0 Å². The van der Waals surface area contributed by atoms with Gasteiger partial charge in [0, 0.05) is 19.3 Å². The number of aryl methyl sites for hydroxylation is 1. The molecule has 1 atom stereocenters. The second kappa shape index (κ2) is 9.48. The molecule has 0 bridgehead atoms. The number of para-hydroxylation sites is 2. The molecular formula is C24H31N5O3. The summed E-state index contributed by atoms with van der Waals surface area (Å²) < 4.78 is 10.5. The van der Waals surface area contributed by atoms with E-state index in [9.17, 15) is 4.79 Å². The Bertz CT molecular complexity index is 1010. The van der Waals surface area contributed by atoms with Crippen molar-refractivity contribution < 1.29 is 14.3 Å². The van der Waals surface area contributed by atoms with Crippen molar-refractivity contribution in [2.45, 2.75) is 25.3 Å². The van der Waals surface area contributed by atoms with Crippen molar-refractivity contribution in [2.75, 3.05) is 56.4 Å². The summed E-state index contributed by atoms with van der Waals surface area (Å²) in [6.45, 7) is 4.27. The van der Waals surface area contributed by atoms with E-state index in [1.807, 2.05) is 48.2 Å². The molecule has 3 N–H and O–H groups in total. The van der Waals surface area contributed by atoms with E-state index in [1.54, 1.807) is 14.2 Å². The Morgan fingerprint density at radius 1 is 1.22 bits per heavy atom. The van der Waals surface area contributed by atoms with Crippen LogP contribution in [0.25, 0.3) is 0 Å². The molecule has 4 rings (SSSR count). The van der Waals surface area contributed by atoms with Gasteiger partial charge in [0.25, 0.3) is 0 Å². The zero-order valence-corrected chi connectivity index (χ0v) is 18.9. The van der Waals surface area contributed by atoms with Crippen LogP contribution in [0.3, 0.4) is 0 Å². The monoisotopic (exact) mass is 437 g/mol. The van der Waals surface area contributed by atoms with Gasteiger partial charge in [0.1, 0.15) is 17.1 Å². The first kappa shape index (κ1) is 22.0. The first-order valence-electron chi connectivity index (χ1n) is 10.9. The van der Waals surface area contributed by atoms with Gasteiger partial charge in [0.05, 0.1) is 38.2 Å². The number of fused-ring (bicyclic) bond motifs is 1. The molecule has 2 aliphatic rings. The maximum Gasteiger partial charge on any atom is 0.321 e. The molecule has 2 aromatic carbocycles. The van der Waals surface area contributed by atoms with Crippen LogP contribution in [0.4, 0.5) is 21.9 Å². The van der Waals surface area contributed by atoms with Crippen molar-refractivity contribution >= 4 is 28.9 Å². The highest BCUT2D eigenvalue weighted by Crippen LogP contribution is 2.36. The van der Waals surface area contributed by atoms with Gasteiger partial charge in [-0.2, -0.15) is 0 Å². The van der Waals surface area contributed by atoms with E-state index < -0.39 is 5.54 Å². The Labute approximate surface area is 189 Å². The van der Waals surface area contributed by atoms with Crippen molar-refractivity contribution in [3.05, 3.63) is 48.0 Å². The number of aliphatic imine (C=N–C) groups is 1. The molecule has 2 aromatic rings. The van der Waals surface area contributed by atoms with Crippen LogP contribution in [0.2, 0.25) is 0 Å². The Balaban J connectivity index is 1.56. The largest absolute Gasteiger partial charge is 0.497 e. The van der Waals surface area contributed by atoms with E-state index in [0.29, 0.717) is 26.2 Å². The van der Waals surface area contributed by atoms with Crippen LogP contribution in [-0.2, 0) is 4.74 Å². The summed E-state index contributed by atoms with van der Waals surface area (Å²) in [4.78, 5) is 19.9. The quantitative estimate of drug-likeness (QED) is 0.617. The molecule has 1 fully saturated rings. The number of benzene rings is 2. The van der Waals surface area contributed by atoms with Crippen LogP contribution < -0.4 is 20.7 Å². The summed E-state index contributed by atoms with van der Waals surface area (Å²) in [6.07, 6.45) is 1.75. The first-order valence-corrected chi connectivity index (χ1v) is 10.9. The fraction of sp³-hybridized carbons (Fsp3) is 0.417. The number of nitrogens with one attached hydrogen (secondary N) is 3. The van der Waals surface area contributed by atoms with Gasteiger partial charge in [-0.25, -0.2) is 4.79 Å². The molecule has 2 amide bonds. The van der Waals surface area contributed by atoms with E-state index >= 15 is 0 Å². The van der Waals surface area contributed by atoms with Crippen LogP contribution >= 0.6 is 0 Å². The second-order valence-corrected chi connectivity index (χ2v) is 8.24. The number of carbonyl (C=O) groups excluding carboxylic acids is 1. The smallest absolute Gasteiger partial charge is 0.321 e. The predicted molar refractivity (Wildman–Crippen MR) is 128 cm³/mol. The molecule has 2 heterocycles. The molecule has 8 nitrogen and oxygen atoms in total. The van der Waals surface area contributed by atoms with E-state index in [2.05, 4.69) is 22.0 Å². The van der Waals surface area contributed by atoms with Gasteiger partial charge in [-0.3, -0.25) is 4.99 Å². The molecular weight excluding hydrogens is 406 g/mol. The van der Waals surface area contributed by atoms with Crippen molar-refractivity contribution in [3.63, 3.8) is 0 Å². The molecule has 1 spiro atoms. The third-order valence-corrected chi connectivity index (χ3v) is 6.03. The number of methoxy groups -OCH3 is 2. The summed E-state index contributed by atoms with van der Waals surface area (Å²) in [5, 5.41) is 10.3. The van der Waals surface area contributed by atoms with Crippen molar-refractivity contribution in [1.82, 2.24) is 4.90 Å². The van der Waals surface area contributed by atoms with E-state index in [-0.39, 0.29) is 6.03 Å². The highest BCUT2D eigenvalue weighted by atomic mass is 16.5. The minimum Gasteiger partial charge on any atom is -0.497 e. The number of rotatable bonds is 5. The van der Waals surface area contributed by atoms with E-state index in [4.69, 9.17) is 14.5 Å². The number of amidine groups is 1. The van der Waals surface area contributed by atoms with E-state index in [0.717, 1.165) is 47.1 Å². The van der Waals surface area contributed by atoms with Gasteiger partial charge in [0.2, 0.25) is 0 Å². The Kier molecular flexibility index (Phi) is 6.50. The lowest BCUT2D eigenvalue weighted by atomic mass is 9.85. The zero-order valence-electron chi connectivity index (χ0n) is 18.9. The number of nitrogens with zero attached hydrogens (tertiary/aromatic N) is 2. The predicted octanol–water partition coefficient (Wildman–Crippen LogP) is 3.95. The normalized spacial score (nSPS) is 21.0. The van der Waals surface area contributed by atoms with Crippen molar-refractivity contribution in [1.29, 1.82) is 0 Å². The Hall–Kier alpha value is -3.26. The lowest BCUT2D eigenvalue weighted by Crippen LogP contribution is -2.63. The fourth-order valence-electron chi connectivity index (χ4n) is 4.33. The Morgan fingerprint density at radius 2 is 2.03 bits per heavy atom. The third-order valence-electron chi connectivity index (χ3n) is 6.03. The summed E-state index contributed by atoms with van der Waals surface area (Å²) in [5.74, 6) is 1.62. The number of urea groups is 1. The minimum absolute atomic E-state index is 0.116. The van der Waals surface area contributed by atoms with Crippen LogP contribution in [0.5, 0.6) is 5.75 Å². The topological polar surface area (TPSA) is 87.2 Å². The molecule has 8 heteroatoms. The molecule has 1 unspecified atom stereocenters. The first-order chi connectivity index (χ1) is 15.5. The van der Waals surface area contributed by atoms with Crippen molar-refractivity contribution in [3.8, 4) is 5.75 Å². The second-order valence-electron chi connectivity index (χ2n) is 8.24. The SMILES string of the molecule is COCCN=C1Nc2ccccc2NC12CCCN(C(=O)Nc1ccc(OC)cc1C)C2. The lowest BCUT2D eigenvalue weighted by Gasteiger charge is -2.47. The highest BCUT2D eigenvalue weighted by molar-refractivity contribution is 6.10. The van der Waals surface area contributed by atoms with Crippen molar-refractivity contribution in [2.24, 2.45) is 4.99 Å². The summed E-state index contributed by atoms with van der Waals surface area (Å²) in [5.41, 5.74) is 3.28. The fourth-order valence-corrected chi connectivity index (χ4v) is 4.33. The van der Waals surface area contributed by atoms with Gasteiger partial charge in [-0.05, 0) is 55.7 Å². The molecule has 0 aliphatic carbocycles. The average Bonchev–Trinajstić information content (AvgIpc) is 2.81. The van der Waals surface area contributed by atoms with Crippen LogP contribution in [-0.4, -0.2) is 62.8 Å². The molecule has 2 aliphatic heterocycles. The number of anilines is 3. The molecule has 0 aromatic heterocycles. The standard InChI is InChI=1S/C24H31N5O3/c1-17-15-18(32-3)9-10-19(17)27-23(30)29-13-6-11-24(16-29)22(25-12-14-31-2)26-20-7-4-5-8-21(20)28-24/h4-5,7-10,15,28H,6,11-14,16H2,1-3H3,(H,25,26)(H,27,30). The average molecular weight is 438 g/mol. The van der Waals surface area contributed by atoms with E-state index in [1.165, 1.54) is 0 Å².